The highest BCUT2D eigenvalue weighted by Crippen LogP contribution is 2.34. The van der Waals surface area contributed by atoms with Crippen LogP contribution in [0.3, 0.4) is 0 Å². The van der Waals surface area contributed by atoms with Gasteiger partial charge in [0.05, 0.1) is 5.69 Å². The second-order valence-electron chi connectivity index (χ2n) is 8.48. The minimum Gasteiger partial charge on any atom is -0.455 e. The number of urea groups is 1. The molecule has 3 aromatic rings. The zero-order valence-corrected chi connectivity index (χ0v) is 18.9. The number of carbonyl (C=O) groups is 3. The van der Waals surface area contributed by atoms with Crippen molar-refractivity contribution in [2.45, 2.75) is 18.9 Å². The average molecular weight is 473 g/mol. The van der Waals surface area contributed by atoms with Crippen LogP contribution in [0.25, 0.3) is 0 Å². The highest BCUT2D eigenvalue weighted by Gasteiger charge is 2.48. The van der Waals surface area contributed by atoms with E-state index < -0.39 is 29.9 Å². The molecular formula is C26H23N3O6. The van der Waals surface area contributed by atoms with E-state index in [4.69, 9.17) is 14.2 Å². The predicted molar refractivity (Wildman–Crippen MR) is 127 cm³/mol. The van der Waals surface area contributed by atoms with E-state index in [9.17, 15) is 14.4 Å². The van der Waals surface area contributed by atoms with Gasteiger partial charge in [0.25, 0.3) is 5.91 Å². The zero-order chi connectivity index (χ0) is 24.4. The maximum atomic E-state index is 13.2. The van der Waals surface area contributed by atoms with Crippen molar-refractivity contribution in [2.24, 2.45) is 0 Å². The van der Waals surface area contributed by atoms with Crippen LogP contribution in [0.2, 0.25) is 0 Å². The van der Waals surface area contributed by atoms with Crippen LogP contribution in [0.1, 0.15) is 12.5 Å². The third-order valence-corrected chi connectivity index (χ3v) is 5.77. The highest BCUT2D eigenvalue weighted by molar-refractivity contribution is 6.10. The van der Waals surface area contributed by atoms with Gasteiger partial charge in [0.15, 0.2) is 17.2 Å². The molecule has 35 heavy (non-hydrogen) atoms. The first-order valence-corrected chi connectivity index (χ1v) is 11.1. The van der Waals surface area contributed by atoms with Crippen molar-refractivity contribution in [3.63, 3.8) is 0 Å². The Hall–Kier alpha value is -4.53. The smallest absolute Gasteiger partial charge is 0.325 e. The van der Waals surface area contributed by atoms with Crippen molar-refractivity contribution in [1.82, 2.24) is 10.2 Å². The maximum absolute atomic E-state index is 13.2. The molecule has 178 valence electrons. The van der Waals surface area contributed by atoms with Crippen LogP contribution in [0, 0.1) is 0 Å². The molecule has 0 aromatic heterocycles. The first-order valence-electron chi connectivity index (χ1n) is 11.1. The fourth-order valence-electron chi connectivity index (χ4n) is 4.08. The third kappa shape index (κ3) is 4.61. The zero-order valence-electron chi connectivity index (χ0n) is 18.9. The molecule has 5 rings (SSSR count). The number of para-hydroxylation sites is 3. The van der Waals surface area contributed by atoms with Gasteiger partial charge in [-0.2, -0.15) is 0 Å². The summed E-state index contributed by atoms with van der Waals surface area (Å²) in [6, 6.07) is 20.8. The van der Waals surface area contributed by atoms with Crippen molar-refractivity contribution in [1.29, 1.82) is 0 Å². The average Bonchev–Trinajstić information content (AvgIpc) is 3.39. The van der Waals surface area contributed by atoms with Crippen molar-refractivity contribution >= 4 is 23.5 Å². The summed E-state index contributed by atoms with van der Waals surface area (Å²) in [5, 5.41) is 5.46. The molecule has 2 aliphatic heterocycles. The van der Waals surface area contributed by atoms with Crippen molar-refractivity contribution in [3.05, 3.63) is 78.4 Å². The molecule has 2 N–H and O–H groups in total. The normalized spacial score (nSPS) is 18.4. The summed E-state index contributed by atoms with van der Waals surface area (Å²) in [6.45, 7) is 1.36. The van der Waals surface area contributed by atoms with Crippen LogP contribution < -0.4 is 24.8 Å². The molecule has 2 heterocycles. The number of hydrogen-bond donors (Lipinski definition) is 2. The molecule has 2 aliphatic rings. The number of anilines is 1. The fraction of sp³-hybridized carbons (Fsp3) is 0.192. The standard InChI is InChI=1S/C26H23N3O6/c1-26(14-17-11-12-21-22(13-17)34-16-33-21)24(31)29(25(32)28-26)15-23(30)27-19-9-5-6-10-20(19)35-18-7-3-2-4-8-18/h2-13H,14-16H2,1H3,(H,27,30)(H,28,32)/t26-/m1/s1. The topological polar surface area (TPSA) is 106 Å². The number of imide groups is 1. The van der Waals surface area contributed by atoms with Gasteiger partial charge >= 0.3 is 6.03 Å². The third-order valence-electron chi connectivity index (χ3n) is 5.77. The van der Waals surface area contributed by atoms with Crippen molar-refractivity contribution in [2.75, 3.05) is 18.7 Å². The monoisotopic (exact) mass is 473 g/mol. The van der Waals surface area contributed by atoms with Gasteiger partial charge < -0.3 is 24.8 Å². The van der Waals surface area contributed by atoms with E-state index >= 15 is 0 Å². The lowest BCUT2D eigenvalue weighted by atomic mass is 9.92. The van der Waals surface area contributed by atoms with E-state index in [2.05, 4.69) is 10.6 Å². The number of carbonyl (C=O) groups excluding carboxylic acids is 3. The van der Waals surface area contributed by atoms with Gasteiger partial charge in [0.1, 0.15) is 17.8 Å². The Balaban J connectivity index is 1.26. The number of benzene rings is 3. The molecular weight excluding hydrogens is 450 g/mol. The molecule has 0 unspecified atom stereocenters. The molecule has 1 atom stereocenters. The van der Waals surface area contributed by atoms with Gasteiger partial charge in [-0.25, -0.2) is 4.79 Å². The second kappa shape index (κ2) is 9.02. The summed E-state index contributed by atoms with van der Waals surface area (Å²) >= 11 is 0. The van der Waals surface area contributed by atoms with E-state index in [1.807, 2.05) is 24.3 Å². The van der Waals surface area contributed by atoms with E-state index in [-0.39, 0.29) is 13.2 Å². The first kappa shape index (κ1) is 22.3. The van der Waals surface area contributed by atoms with Gasteiger partial charge in [-0.3, -0.25) is 14.5 Å². The Morgan fingerprint density at radius 1 is 1.03 bits per heavy atom. The highest BCUT2D eigenvalue weighted by atomic mass is 16.7. The van der Waals surface area contributed by atoms with E-state index in [1.54, 1.807) is 55.5 Å². The molecule has 0 aliphatic carbocycles. The molecule has 1 saturated heterocycles. The Bertz CT molecular complexity index is 1300. The lowest BCUT2D eigenvalue weighted by Crippen LogP contribution is -2.46. The number of ether oxygens (including phenoxy) is 3. The van der Waals surface area contributed by atoms with Gasteiger partial charge in [-0.05, 0) is 48.9 Å². The van der Waals surface area contributed by atoms with Crippen LogP contribution in [0.4, 0.5) is 10.5 Å². The van der Waals surface area contributed by atoms with Crippen molar-refractivity contribution in [3.8, 4) is 23.0 Å². The minimum atomic E-state index is -1.20. The molecule has 0 saturated carbocycles. The van der Waals surface area contributed by atoms with Gasteiger partial charge in [0.2, 0.25) is 12.7 Å². The lowest BCUT2D eigenvalue weighted by Gasteiger charge is -2.22. The van der Waals surface area contributed by atoms with Gasteiger partial charge in [0, 0.05) is 6.42 Å². The Kier molecular flexibility index (Phi) is 5.74. The summed E-state index contributed by atoms with van der Waals surface area (Å²) < 4.78 is 16.6. The Morgan fingerprint density at radius 2 is 1.77 bits per heavy atom. The first-order chi connectivity index (χ1) is 16.9. The molecule has 3 aromatic carbocycles. The number of fused-ring (bicyclic) bond motifs is 1. The van der Waals surface area contributed by atoms with E-state index in [0.717, 1.165) is 10.5 Å². The van der Waals surface area contributed by atoms with Crippen molar-refractivity contribution < 1.29 is 28.6 Å². The van der Waals surface area contributed by atoms with Crippen LogP contribution in [-0.4, -0.2) is 41.6 Å². The molecule has 0 radical (unpaired) electrons. The molecule has 0 spiro atoms. The number of amides is 4. The number of nitrogens with one attached hydrogen (secondary N) is 2. The van der Waals surface area contributed by atoms with Crippen LogP contribution in [0.15, 0.2) is 72.8 Å². The summed E-state index contributed by atoms with van der Waals surface area (Å²) in [6.07, 6.45) is 0.236. The number of rotatable bonds is 7. The number of nitrogens with zero attached hydrogens (tertiary/aromatic N) is 1. The van der Waals surface area contributed by atoms with Crippen LogP contribution in [-0.2, 0) is 16.0 Å². The molecule has 4 amide bonds. The number of hydrogen-bond acceptors (Lipinski definition) is 6. The van der Waals surface area contributed by atoms with Crippen LogP contribution >= 0.6 is 0 Å². The molecule has 9 heteroatoms. The van der Waals surface area contributed by atoms with Crippen LogP contribution in [0.5, 0.6) is 23.0 Å². The fourth-order valence-corrected chi connectivity index (χ4v) is 4.08. The Morgan fingerprint density at radius 3 is 2.60 bits per heavy atom. The van der Waals surface area contributed by atoms with E-state index in [0.29, 0.717) is 28.7 Å². The lowest BCUT2D eigenvalue weighted by molar-refractivity contribution is -0.133. The van der Waals surface area contributed by atoms with Gasteiger partial charge in [-0.15, -0.1) is 0 Å². The molecule has 1 fully saturated rings. The molecule has 9 nitrogen and oxygen atoms in total. The summed E-state index contributed by atoms with van der Waals surface area (Å²) in [5.41, 5.74) is 0.0274. The predicted octanol–water partition coefficient (Wildman–Crippen LogP) is 3.70. The maximum Gasteiger partial charge on any atom is 0.325 e. The molecule has 0 bridgehead atoms. The summed E-state index contributed by atoms with van der Waals surface area (Å²) in [5.74, 6) is 1.28. The Labute approximate surface area is 201 Å². The SMILES string of the molecule is C[C@]1(Cc2ccc3c(c2)OCO3)NC(=O)N(CC(=O)Nc2ccccc2Oc2ccccc2)C1=O. The largest absolute Gasteiger partial charge is 0.455 e. The quantitative estimate of drug-likeness (QED) is 0.507. The van der Waals surface area contributed by atoms with E-state index in [1.165, 1.54) is 0 Å². The second-order valence-corrected chi connectivity index (χ2v) is 8.48. The van der Waals surface area contributed by atoms with Gasteiger partial charge in [-0.1, -0.05) is 36.4 Å². The minimum absolute atomic E-state index is 0.147. The summed E-state index contributed by atoms with van der Waals surface area (Å²) in [4.78, 5) is 39.5. The summed E-state index contributed by atoms with van der Waals surface area (Å²) in [7, 11) is 0.